The van der Waals surface area contributed by atoms with Gasteiger partial charge in [-0.05, 0) is 44.0 Å². The van der Waals surface area contributed by atoms with Crippen LogP contribution < -0.4 is 0 Å². The maximum atomic E-state index is 13.0. The quantitative estimate of drug-likeness (QED) is 0.655. The summed E-state index contributed by atoms with van der Waals surface area (Å²) >= 11 is 0. The Bertz CT molecular complexity index is 682. The molecule has 0 bridgehead atoms. The van der Waals surface area contributed by atoms with Crippen LogP contribution in [0.4, 0.5) is 13.2 Å². The average Bonchev–Trinajstić information content (AvgIpc) is 2.76. The Morgan fingerprint density at radius 2 is 1.80 bits per heavy atom. The molecule has 0 aliphatic carbocycles. The SMILES string of the molecule is CCOP(=O)(CCC1c2cc(C(F)(F)F)ccc2C(=O)N1C)OCC. The second kappa shape index (κ2) is 7.48. The van der Waals surface area contributed by atoms with Crippen LogP contribution in [-0.4, -0.2) is 37.2 Å². The molecule has 0 saturated carbocycles. The number of nitrogens with zero attached hydrogens (tertiary/aromatic N) is 1. The first-order valence-electron chi connectivity index (χ1n) is 7.99. The number of carbonyl (C=O) groups excluding carboxylic acids is 1. The monoisotopic (exact) mass is 379 g/mol. The third-order valence-corrected chi connectivity index (χ3v) is 6.19. The van der Waals surface area contributed by atoms with E-state index in [1.54, 1.807) is 13.8 Å². The van der Waals surface area contributed by atoms with E-state index in [0.717, 1.165) is 12.1 Å². The van der Waals surface area contributed by atoms with Crippen molar-refractivity contribution in [3.63, 3.8) is 0 Å². The Hall–Kier alpha value is -1.37. The Morgan fingerprint density at radius 1 is 1.20 bits per heavy atom. The molecule has 0 saturated heterocycles. The van der Waals surface area contributed by atoms with Gasteiger partial charge in [0.1, 0.15) is 0 Å². The molecule has 0 fully saturated rings. The number of alkyl halides is 3. The van der Waals surface area contributed by atoms with Gasteiger partial charge in [-0.1, -0.05) is 0 Å². The maximum Gasteiger partial charge on any atom is 0.416 e. The van der Waals surface area contributed by atoms with Crippen LogP contribution in [0.1, 0.15) is 47.8 Å². The van der Waals surface area contributed by atoms with E-state index in [4.69, 9.17) is 9.05 Å². The number of hydrogen-bond acceptors (Lipinski definition) is 4. The van der Waals surface area contributed by atoms with Gasteiger partial charge < -0.3 is 13.9 Å². The van der Waals surface area contributed by atoms with Gasteiger partial charge >= 0.3 is 13.8 Å². The van der Waals surface area contributed by atoms with Crippen molar-refractivity contribution in [2.45, 2.75) is 32.5 Å². The van der Waals surface area contributed by atoms with Crippen LogP contribution in [0, 0.1) is 0 Å². The van der Waals surface area contributed by atoms with Gasteiger partial charge in [-0.2, -0.15) is 13.2 Å². The fourth-order valence-electron chi connectivity index (χ4n) is 2.94. The van der Waals surface area contributed by atoms with Crippen LogP contribution in [0.15, 0.2) is 18.2 Å². The average molecular weight is 379 g/mol. The minimum absolute atomic E-state index is 0.0205. The summed E-state index contributed by atoms with van der Waals surface area (Å²) in [6, 6.07) is 2.49. The van der Waals surface area contributed by atoms with Crippen molar-refractivity contribution in [3.8, 4) is 0 Å². The maximum absolute atomic E-state index is 13.0. The van der Waals surface area contributed by atoms with Crippen LogP contribution in [0.5, 0.6) is 0 Å². The Morgan fingerprint density at radius 3 is 2.32 bits per heavy atom. The van der Waals surface area contributed by atoms with Gasteiger partial charge in [0.2, 0.25) is 0 Å². The van der Waals surface area contributed by atoms with Gasteiger partial charge in [-0.15, -0.1) is 0 Å². The number of carbonyl (C=O) groups is 1. The summed E-state index contributed by atoms with van der Waals surface area (Å²) in [5.41, 5.74) is -0.276. The number of hydrogen-bond donors (Lipinski definition) is 0. The molecule has 25 heavy (non-hydrogen) atoms. The highest BCUT2D eigenvalue weighted by Crippen LogP contribution is 2.51. The molecule has 1 unspecified atom stereocenters. The van der Waals surface area contributed by atoms with Gasteiger partial charge in [0.15, 0.2) is 0 Å². The molecule has 9 heteroatoms. The molecule has 2 rings (SSSR count). The fraction of sp³-hybridized carbons (Fsp3) is 0.562. The lowest BCUT2D eigenvalue weighted by molar-refractivity contribution is -0.137. The van der Waals surface area contributed by atoms with Gasteiger partial charge in [-0.25, -0.2) is 0 Å². The molecule has 0 radical (unpaired) electrons. The first-order chi connectivity index (χ1) is 11.6. The highest BCUT2D eigenvalue weighted by Gasteiger charge is 2.39. The lowest BCUT2D eigenvalue weighted by Crippen LogP contribution is -2.24. The summed E-state index contributed by atoms with van der Waals surface area (Å²) in [6.45, 7) is 3.76. The molecule has 1 aliphatic rings. The zero-order valence-corrected chi connectivity index (χ0v) is 15.2. The van der Waals surface area contributed by atoms with Crippen molar-refractivity contribution in [1.29, 1.82) is 0 Å². The summed E-state index contributed by atoms with van der Waals surface area (Å²) in [6.07, 6.45) is -4.28. The molecular formula is C16H21F3NO4P. The standard InChI is InChI=1S/C16H21F3NO4P/c1-4-23-25(22,24-5-2)9-8-14-13-10-11(16(17,18)19)6-7-12(13)15(21)20(14)3/h6-7,10,14H,4-5,8-9H2,1-3H3. The highest BCUT2D eigenvalue weighted by atomic mass is 31.2. The molecule has 0 aromatic heterocycles. The topological polar surface area (TPSA) is 55.8 Å². The zero-order chi connectivity index (χ0) is 18.8. The van der Waals surface area contributed by atoms with Crippen molar-refractivity contribution in [2.24, 2.45) is 0 Å². The second-order valence-corrected chi connectivity index (χ2v) is 7.88. The molecule has 1 amide bonds. The van der Waals surface area contributed by atoms with Gasteiger partial charge in [0.25, 0.3) is 5.91 Å². The number of rotatable bonds is 7. The minimum atomic E-state index is -4.49. The Kier molecular flexibility index (Phi) is 5.97. The van der Waals surface area contributed by atoms with Crippen LogP contribution in [-0.2, 0) is 19.8 Å². The first kappa shape index (κ1) is 19.9. The molecule has 1 heterocycles. The van der Waals surface area contributed by atoms with Crippen molar-refractivity contribution in [1.82, 2.24) is 4.90 Å². The predicted molar refractivity (Wildman–Crippen MR) is 86.6 cm³/mol. The lowest BCUT2D eigenvalue weighted by Gasteiger charge is -2.23. The van der Waals surface area contributed by atoms with Crippen LogP contribution in [0.25, 0.3) is 0 Å². The largest absolute Gasteiger partial charge is 0.416 e. The second-order valence-electron chi connectivity index (χ2n) is 5.69. The Balaban J connectivity index is 2.28. The van der Waals surface area contributed by atoms with E-state index in [0.29, 0.717) is 5.56 Å². The van der Waals surface area contributed by atoms with Crippen molar-refractivity contribution < 1.29 is 31.6 Å². The van der Waals surface area contributed by atoms with Gasteiger partial charge in [0.05, 0.1) is 31.0 Å². The summed E-state index contributed by atoms with van der Waals surface area (Å²) in [4.78, 5) is 13.6. The molecule has 5 nitrogen and oxygen atoms in total. The fourth-order valence-corrected chi connectivity index (χ4v) is 4.62. The van der Waals surface area contributed by atoms with E-state index >= 15 is 0 Å². The van der Waals surface area contributed by atoms with Crippen LogP contribution in [0.3, 0.4) is 0 Å². The normalized spacial score (nSPS) is 17.9. The lowest BCUT2D eigenvalue weighted by atomic mass is 10.00. The Labute approximate surface area is 144 Å². The number of halogens is 3. The predicted octanol–water partition coefficient (Wildman–Crippen LogP) is 4.49. The molecular weight excluding hydrogens is 358 g/mol. The van der Waals surface area contributed by atoms with E-state index in [1.165, 1.54) is 18.0 Å². The molecule has 1 aliphatic heterocycles. The number of amides is 1. The van der Waals surface area contributed by atoms with Crippen LogP contribution >= 0.6 is 7.60 Å². The van der Waals surface area contributed by atoms with Crippen molar-refractivity contribution in [3.05, 3.63) is 34.9 Å². The van der Waals surface area contributed by atoms with E-state index < -0.39 is 25.4 Å². The molecule has 1 aromatic carbocycles. The van der Waals surface area contributed by atoms with E-state index in [9.17, 15) is 22.5 Å². The smallest absolute Gasteiger partial charge is 0.335 e. The summed E-state index contributed by atoms with van der Waals surface area (Å²) < 4.78 is 61.9. The van der Waals surface area contributed by atoms with Gasteiger partial charge in [0, 0.05) is 12.6 Å². The third-order valence-electron chi connectivity index (χ3n) is 4.08. The minimum Gasteiger partial charge on any atom is -0.335 e. The highest BCUT2D eigenvalue weighted by molar-refractivity contribution is 7.53. The van der Waals surface area contributed by atoms with Crippen LogP contribution in [0.2, 0.25) is 0 Å². The third kappa shape index (κ3) is 4.25. The number of benzene rings is 1. The molecule has 0 spiro atoms. The molecule has 1 atom stereocenters. The summed E-state index contributed by atoms with van der Waals surface area (Å²) in [5, 5.41) is 0. The zero-order valence-electron chi connectivity index (χ0n) is 14.3. The molecule has 140 valence electrons. The van der Waals surface area contributed by atoms with Crippen molar-refractivity contribution in [2.75, 3.05) is 26.4 Å². The summed E-state index contributed by atoms with van der Waals surface area (Å²) in [5.74, 6) is -0.351. The molecule has 0 N–H and O–H groups in total. The van der Waals surface area contributed by atoms with E-state index in [1.807, 2.05) is 0 Å². The summed E-state index contributed by atoms with van der Waals surface area (Å²) in [7, 11) is -1.81. The first-order valence-corrected chi connectivity index (χ1v) is 9.72. The number of fused-ring (bicyclic) bond motifs is 1. The molecule has 1 aromatic rings. The van der Waals surface area contributed by atoms with Gasteiger partial charge in [-0.3, -0.25) is 9.36 Å². The van der Waals surface area contributed by atoms with E-state index in [2.05, 4.69) is 0 Å². The van der Waals surface area contributed by atoms with E-state index in [-0.39, 0.29) is 37.3 Å². The van der Waals surface area contributed by atoms with Crippen molar-refractivity contribution >= 4 is 13.5 Å².